The van der Waals surface area contributed by atoms with Gasteiger partial charge in [0.1, 0.15) is 6.10 Å². The average Bonchev–Trinajstić information content (AvgIpc) is 3.19. The van der Waals surface area contributed by atoms with Crippen molar-refractivity contribution < 1.29 is 14.6 Å². The molecule has 26 heavy (non-hydrogen) atoms. The second-order valence-corrected chi connectivity index (χ2v) is 8.85. The lowest BCUT2D eigenvalue weighted by Gasteiger charge is -2.30. The predicted molar refractivity (Wildman–Crippen MR) is 110 cm³/mol. The van der Waals surface area contributed by atoms with Gasteiger partial charge in [-0.25, -0.2) is 0 Å². The Balaban J connectivity index is 1.53. The van der Waals surface area contributed by atoms with E-state index in [9.17, 15) is 5.11 Å². The van der Waals surface area contributed by atoms with Crippen LogP contribution in [0.25, 0.3) is 0 Å². The van der Waals surface area contributed by atoms with Crippen molar-refractivity contribution in [2.24, 2.45) is 17.8 Å². The first-order valence-electron chi connectivity index (χ1n) is 10.7. The van der Waals surface area contributed by atoms with Crippen LogP contribution in [0.5, 0.6) is 0 Å². The van der Waals surface area contributed by atoms with Crippen LogP contribution < -0.4 is 0 Å². The largest absolute Gasteiger partial charge is 0.467 e. The number of rotatable bonds is 12. The molecular formula is C21H39NO3S. The summed E-state index contributed by atoms with van der Waals surface area (Å²) in [5.74, 6) is 1.85. The molecule has 0 heterocycles. The molecule has 2 aliphatic rings. The van der Waals surface area contributed by atoms with Crippen LogP contribution >= 0.6 is 12.2 Å². The molecule has 0 saturated heterocycles. The van der Waals surface area contributed by atoms with Crippen molar-refractivity contribution in [1.29, 1.82) is 0 Å². The van der Waals surface area contributed by atoms with Gasteiger partial charge in [0.15, 0.2) is 6.29 Å². The molecule has 2 rings (SSSR count). The Kier molecular flexibility index (Phi) is 9.65. The fourth-order valence-corrected chi connectivity index (χ4v) is 4.64. The van der Waals surface area contributed by atoms with Gasteiger partial charge in [-0.1, -0.05) is 45.4 Å². The van der Waals surface area contributed by atoms with Crippen molar-refractivity contribution in [2.45, 2.75) is 89.9 Å². The topological polar surface area (TPSA) is 41.9 Å². The number of hydrogen-bond donors (Lipinski definition) is 1. The van der Waals surface area contributed by atoms with Gasteiger partial charge in [-0.2, -0.15) is 0 Å². The highest BCUT2D eigenvalue weighted by Gasteiger charge is 2.47. The van der Waals surface area contributed by atoms with Crippen LogP contribution in [0.2, 0.25) is 0 Å². The number of nitrogens with zero attached hydrogens (tertiary/aromatic N) is 1. The Labute approximate surface area is 165 Å². The first-order valence-corrected chi connectivity index (χ1v) is 11.1. The summed E-state index contributed by atoms with van der Waals surface area (Å²) in [6.45, 7) is 2.94. The Hall–Kier alpha value is -0.390. The second-order valence-electron chi connectivity index (χ2n) is 8.50. The summed E-state index contributed by atoms with van der Waals surface area (Å²) < 4.78 is 11.7. The van der Waals surface area contributed by atoms with Gasteiger partial charge in [0, 0.05) is 14.1 Å². The van der Waals surface area contributed by atoms with Gasteiger partial charge in [-0.15, -0.1) is 0 Å². The van der Waals surface area contributed by atoms with Crippen molar-refractivity contribution in [3.05, 3.63) is 0 Å². The summed E-state index contributed by atoms with van der Waals surface area (Å²) in [5, 5.41) is 10.7. The van der Waals surface area contributed by atoms with Gasteiger partial charge >= 0.3 is 0 Å². The minimum Gasteiger partial charge on any atom is -0.467 e. The molecule has 0 spiro atoms. The number of hydrogen-bond acceptors (Lipinski definition) is 4. The Bertz CT molecular complexity index is 418. The van der Waals surface area contributed by atoms with Crippen LogP contribution in [0, 0.1) is 17.8 Å². The number of fused-ring (bicyclic) bond motifs is 2. The average molecular weight is 386 g/mol. The van der Waals surface area contributed by atoms with Gasteiger partial charge in [0.05, 0.1) is 6.61 Å². The van der Waals surface area contributed by atoms with Gasteiger partial charge in [-0.3, -0.25) is 0 Å². The van der Waals surface area contributed by atoms with Crippen LogP contribution in [0.1, 0.15) is 77.6 Å². The Morgan fingerprint density at radius 3 is 2.35 bits per heavy atom. The van der Waals surface area contributed by atoms with Gasteiger partial charge in [0.2, 0.25) is 0 Å². The molecule has 0 aromatic carbocycles. The van der Waals surface area contributed by atoms with Gasteiger partial charge in [0.25, 0.3) is 5.17 Å². The molecule has 0 amide bonds. The normalized spacial score (nSPS) is 28.3. The maximum absolute atomic E-state index is 10.1. The summed E-state index contributed by atoms with van der Waals surface area (Å²) in [6.07, 6.45) is 12.8. The highest BCUT2D eigenvalue weighted by Crippen LogP contribution is 2.49. The zero-order valence-electron chi connectivity index (χ0n) is 17.0. The molecule has 5 atom stereocenters. The van der Waals surface area contributed by atoms with E-state index in [0.29, 0.717) is 29.5 Å². The molecule has 2 bridgehead atoms. The molecule has 5 heteroatoms. The molecule has 5 unspecified atom stereocenters. The summed E-state index contributed by atoms with van der Waals surface area (Å²) in [7, 11) is 3.86. The lowest BCUT2D eigenvalue weighted by atomic mass is 9.88. The number of ether oxygens (including phenoxy) is 2. The summed E-state index contributed by atoms with van der Waals surface area (Å²) in [6, 6.07) is 0. The van der Waals surface area contributed by atoms with Crippen molar-refractivity contribution in [3.63, 3.8) is 0 Å². The molecule has 2 aliphatic carbocycles. The van der Waals surface area contributed by atoms with Crippen LogP contribution in [-0.4, -0.2) is 48.3 Å². The smallest absolute Gasteiger partial charge is 0.259 e. The summed E-state index contributed by atoms with van der Waals surface area (Å²) in [4.78, 5) is 1.86. The van der Waals surface area contributed by atoms with E-state index in [4.69, 9.17) is 21.7 Å². The number of unbranched alkanes of at least 4 members (excludes halogenated alkanes) is 6. The zero-order chi connectivity index (χ0) is 18.9. The van der Waals surface area contributed by atoms with E-state index < -0.39 is 6.29 Å². The van der Waals surface area contributed by atoms with E-state index in [2.05, 4.69) is 6.92 Å². The Morgan fingerprint density at radius 2 is 1.73 bits per heavy atom. The Morgan fingerprint density at radius 1 is 1.04 bits per heavy atom. The fourth-order valence-electron chi connectivity index (χ4n) is 4.52. The standard InChI is InChI=1S/C21H39NO3S/c1-4-5-6-7-8-9-10-11-20(23)24-15-18-13-17-12-16(18)14-19(17)25-21(26)22(2)3/h16-20,23H,4-15H2,1-3H3. The molecule has 2 saturated carbocycles. The fraction of sp³-hybridized carbons (Fsp3) is 0.952. The molecular weight excluding hydrogens is 346 g/mol. The summed E-state index contributed by atoms with van der Waals surface area (Å²) in [5.41, 5.74) is 0. The monoisotopic (exact) mass is 385 g/mol. The molecule has 4 nitrogen and oxygen atoms in total. The van der Waals surface area contributed by atoms with E-state index in [1.807, 2.05) is 19.0 Å². The minimum atomic E-state index is -0.585. The quantitative estimate of drug-likeness (QED) is 0.298. The lowest BCUT2D eigenvalue weighted by molar-refractivity contribution is -0.120. The van der Waals surface area contributed by atoms with Crippen LogP contribution in [0.3, 0.4) is 0 Å². The highest BCUT2D eigenvalue weighted by molar-refractivity contribution is 7.80. The number of thiocarbonyl (C=S) groups is 1. The third-order valence-electron chi connectivity index (χ3n) is 6.11. The van der Waals surface area contributed by atoms with Crippen molar-refractivity contribution in [1.82, 2.24) is 4.90 Å². The van der Waals surface area contributed by atoms with Gasteiger partial charge in [-0.05, 0) is 62.1 Å². The third-order valence-corrected chi connectivity index (χ3v) is 6.57. The predicted octanol–water partition coefficient (Wildman–Crippen LogP) is 4.74. The molecule has 2 fully saturated rings. The van der Waals surface area contributed by atoms with E-state index in [0.717, 1.165) is 25.7 Å². The lowest BCUT2D eigenvalue weighted by Crippen LogP contribution is -2.33. The van der Waals surface area contributed by atoms with Gasteiger partial charge < -0.3 is 19.5 Å². The molecule has 152 valence electrons. The molecule has 1 N–H and O–H groups in total. The third kappa shape index (κ3) is 6.97. The maximum atomic E-state index is 10.1. The first-order chi connectivity index (χ1) is 12.5. The van der Waals surface area contributed by atoms with Crippen molar-refractivity contribution in [2.75, 3.05) is 20.7 Å². The first kappa shape index (κ1) is 21.9. The van der Waals surface area contributed by atoms with E-state index in [1.54, 1.807) is 0 Å². The van der Waals surface area contributed by atoms with Crippen LogP contribution in [0.4, 0.5) is 0 Å². The second kappa shape index (κ2) is 11.5. The number of aliphatic hydroxyl groups excluding tert-OH is 1. The molecule has 0 aromatic heterocycles. The minimum absolute atomic E-state index is 0.281. The SMILES string of the molecule is CCCCCCCCCC(O)OCC1CC2CC1CC2OC(=S)N(C)C. The molecule has 0 aromatic rings. The van der Waals surface area contributed by atoms with Crippen molar-refractivity contribution >= 4 is 17.4 Å². The van der Waals surface area contributed by atoms with E-state index in [-0.39, 0.29) is 6.10 Å². The number of aliphatic hydroxyl groups is 1. The van der Waals surface area contributed by atoms with Crippen LogP contribution in [-0.2, 0) is 9.47 Å². The van der Waals surface area contributed by atoms with Crippen LogP contribution in [0.15, 0.2) is 0 Å². The zero-order valence-corrected chi connectivity index (χ0v) is 17.8. The van der Waals surface area contributed by atoms with E-state index >= 15 is 0 Å². The van der Waals surface area contributed by atoms with Crippen molar-refractivity contribution in [3.8, 4) is 0 Å². The maximum Gasteiger partial charge on any atom is 0.259 e. The summed E-state index contributed by atoms with van der Waals surface area (Å²) >= 11 is 5.27. The highest BCUT2D eigenvalue weighted by atomic mass is 32.1. The van der Waals surface area contributed by atoms with E-state index in [1.165, 1.54) is 44.9 Å². The molecule has 0 radical (unpaired) electrons. The molecule has 0 aliphatic heterocycles.